The molecule has 1 aliphatic rings. The first-order chi connectivity index (χ1) is 11.0. The number of hydrogen-bond donors (Lipinski definition) is 1. The standard InChI is InChI=1S/C17H19N3O3/c1-11-3-5-15(6-4-11)20-10-13(8-16(20)21)17(22)18-9-14-7-12(2)23-19-14/h3-7,13H,8-10H2,1-2H3,(H,18,22). The fourth-order valence-electron chi connectivity index (χ4n) is 2.68. The van der Waals surface area contributed by atoms with Crippen molar-refractivity contribution in [1.29, 1.82) is 0 Å². The third-order valence-electron chi connectivity index (χ3n) is 3.96. The molecule has 1 aromatic heterocycles. The average molecular weight is 313 g/mol. The molecule has 1 aromatic carbocycles. The van der Waals surface area contributed by atoms with E-state index in [1.54, 1.807) is 17.9 Å². The van der Waals surface area contributed by atoms with Gasteiger partial charge in [0, 0.05) is 24.7 Å². The summed E-state index contributed by atoms with van der Waals surface area (Å²) in [6.07, 6.45) is 0.234. The number of rotatable bonds is 4. The minimum Gasteiger partial charge on any atom is -0.361 e. The van der Waals surface area contributed by atoms with Crippen LogP contribution in [0.5, 0.6) is 0 Å². The molecule has 1 atom stereocenters. The number of aryl methyl sites for hydroxylation is 2. The van der Waals surface area contributed by atoms with Crippen molar-refractivity contribution in [2.45, 2.75) is 26.8 Å². The molecule has 3 rings (SSSR count). The summed E-state index contributed by atoms with van der Waals surface area (Å²) < 4.78 is 4.96. The number of amides is 2. The van der Waals surface area contributed by atoms with Crippen LogP contribution in [0.1, 0.15) is 23.4 Å². The molecule has 0 spiro atoms. The molecule has 2 aromatic rings. The largest absolute Gasteiger partial charge is 0.361 e. The molecule has 0 radical (unpaired) electrons. The van der Waals surface area contributed by atoms with E-state index in [0.29, 0.717) is 24.5 Å². The Balaban J connectivity index is 1.60. The highest BCUT2D eigenvalue weighted by atomic mass is 16.5. The summed E-state index contributed by atoms with van der Waals surface area (Å²) in [4.78, 5) is 26.1. The Kier molecular flexibility index (Phi) is 4.14. The van der Waals surface area contributed by atoms with Gasteiger partial charge in [-0.25, -0.2) is 0 Å². The first-order valence-electron chi connectivity index (χ1n) is 7.60. The number of nitrogens with zero attached hydrogens (tertiary/aromatic N) is 2. The lowest BCUT2D eigenvalue weighted by Gasteiger charge is -2.16. The second-order valence-electron chi connectivity index (χ2n) is 5.89. The molecule has 1 saturated heterocycles. The highest BCUT2D eigenvalue weighted by Gasteiger charge is 2.35. The Hall–Kier alpha value is -2.63. The van der Waals surface area contributed by atoms with E-state index in [-0.39, 0.29) is 24.2 Å². The van der Waals surface area contributed by atoms with Crippen LogP contribution in [0.2, 0.25) is 0 Å². The molecule has 2 heterocycles. The molecule has 23 heavy (non-hydrogen) atoms. The highest BCUT2D eigenvalue weighted by molar-refractivity contribution is 6.00. The lowest BCUT2D eigenvalue weighted by molar-refractivity contribution is -0.126. The van der Waals surface area contributed by atoms with Gasteiger partial charge in [-0.2, -0.15) is 0 Å². The van der Waals surface area contributed by atoms with Gasteiger partial charge < -0.3 is 14.7 Å². The molecule has 1 N–H and O–H groups in total. The van der Waals surface area contributed by atoms with Crippen molar-refractivity contribution in [2.75, 3.05) is 11.4 Å². The van der Waals surface area contributed by atoms with Crippen LogP contribution in [0.15, 0.2) is 34.9 Å². The van der Waals surface area contributed by atoms with Crippen LogP contribution < -0.4 is 10.2 Å². The first-order valence-corrected chi connectivity index (χ1v) is 7.60. The fraction of sp³-hybridized carbons (Fsp3) is 0.353. The third kappa shape index (κ3) is 3.41. The van der Waals surface area contributed by atoms with Crippen molar-refractivity contribution in [2.24, 2.45) is 5.92 Å². The zero-order valence-electron chi connectivity index (χ0n) is 13.2. The molecular weight excluding hydrogens is 294 g/mol. The van der Waals surface area contributed by atoms with Gasteiger partial charge in [-0.15, -0.1) is 0 Å². The van der Waals surface area contributed by atoms with Gasteiger partial charge in [0.05, 0.1) is 12.5 Å². The molecule has 6 nitrogen and oxygen atoms in total. The van der Waals surface area contributed by atoms with Gasteiger partial charge in [-0.1, -0.05) is 22.9 Å². The number of carbonyl (C=O) groups excluding carboxylic acids is 2. The van der Waals surface area contributed by atoms with Gasteiger partial charge >= 0.3 is 0 Å². The van der Waals surface area contributed by atoms with Gasteiger partial charge in [0.15, 0.2) is 0 Å². The number of aromatic nitrogens is 1. The maximum absolute atomic E-state index is 12.3. The maximum atomic E-state index is 12.3. The van der Waals surface area contributed by atoms with Gasteiger partial charge in [-0.05, 0) is 26.0 Å². The number of nitrogens with one attached hydrogen (secondary N) is 1. The predicted molar refractivity (Wildman–Crippen MR) is 84.7 cm³/mol. The van der Waals surface area contributed by atoms with Crippen LogP contribution in [-0.4, -0.2) is 23.5 Å². The van der Waals surface area contributed by atoms with Crippen LogP contribution in [-0.2, 0) is 16.1 Å². The quantitative estimate of drug-likeness (QED) is 0.936. The molecule has 120 valence electrons. The Morgan fingerprint density at radius 2 is 2.09 bits per heavy atom. The van der Waals surface area contributed by atoms with Crippen LogP contribution in [0.25, 0.3) is 0 Å². The summed E-state index contributed by atoms with van der Waals surface area (Å²) in [7, 11) is 0. The van der Waals surface area contributed by atoms with Crippen molar-refractivity contribution in [3.63, 3.8) is 0 Å². The Morgan fingerprint density at radius 3 is 2.74 bits per heavy atom. The number of hydrogen-bond acceptors (Lipinski definition) is 4. The van der Waals surface area contributed by atoms with Crippen molar-refractivity contribution >= 4 is 17.5 Å². The summed E-state index contributed by atoms with van der Waals surface area (Å²) >= 11 is 0. The molecule has 1 aliphatic heterocycles. The van der Waals surface area contributed by atoms with Gasteiger partial charge in [0.1, 0.15) is 11.5 Å². The molecule has 6 heteroatoms. The predicted octanol–water partition coefficient (Wildman–Crippen LogP) is 1.96. The molecule has 0 aliphatic carbocycles. The van der Waals surface area contributed by atoms with Crippen molar-refractivity contribution in [1.82, 2.24) is 10.5 Å². The van der Waals surface area contributed by atoms with E-state index < -0.39 is 0 Å². The molecule has 0 bridgehead atoms. The van der Waals surface area contributed by atoms with Crippen LogP contribution in [0, 0.1) is 19.8 Å². The Morgan fingerprint density at radius 1 is 1.35 bits per heavy atom. The monoisotopic (exact) mass is 313 g/mol. The van der Waals surface area contributed by atoms with Crippen LogP contribution in [0.4, 0.5) is 5.69 Å². The summed E-state index contributed by atoms with van der Waals surface area (Å²) in [6, 6.07) is 9.52. The second kappa shape index (κ2) is 6.24. The number of carbonyl (C=O) groups is 2. The summed E-state index contributed by atoms with van der Waals surface area (Å²) in [5, 5.41) is 6.65. The third-order valence-corrected chi connectivity index (χ3v) is 3.96. The smallest absolute Gasteiger partial charge is 0.227 e. The van der Waals surface area contributed by atoms with E-state index >= 15 is 0 Å². The Bertz CT molecular complexity index is 721. The zero-order chi connectivity index (χ0) is 16.4. The summed E-state index contributed by atoms with van der Waals surface area (Å²) in [6.45, 7) is 4.52. The summed E-state index contributed by atoms with van der Waals surface area (Å²) in [5.74, 6) is 0.215. The maximum Gasteiger partial charge on any atom is 0.227 e. The fourth-order valence-corrected chi connectivity index (χ4v) is 2.68. The number of anilines is 1. The van der Waals surface area contributed by atoms with Crippen molar-refractivity contribution in [3.8, 4) is 0 Å². The van der Waals surface area contributed by atoms with Crippen LogP contribution >= 0.6 is 0 Å². The normalized spacial score (nSPS) is 17.6. The second-order valence-corrected chi connectivity index (χ2v) is 5.89. The molecule has 1 fully saturated rings. The minimum absolute atomic E-state index is 0.0220. The minimum atomic E-state index is -0.336. The van der Waals surface area contributed by atoms with Gasteiger partial charge in [0.2, 0.25) is 11.8 Å². The van der Waals surface area contributed by atoms with Gasteiger partial charge in [0.25, 0.3) is 0 Å². The lowest BCUT2D eigenvalue weighted by Crippen LogP contribution is -2.32. The van der Waals surface area contributed by atoms with E-state index in [9.17, 15) is 9.59 Å². The molecule has 1 unspecified atom stereocenters. The van der Waals surface area contributed by atoms with E-state index in [1.165, 1.54) is 0 Å². The zero-order valence-corrected chi connectivity index (χ0v) is 13.2. The lowest BCUT2D eigenvalue weighted by atomic mass is 10.1. The van der Waals surface area contributed by atoms with E-state index in [0.717, 1.165) is 11.3 Å². The number of benzene rings is 1. The SMILES string of the molecule is Cc1ccc(N2CC(C(=O)NCc3cc(C)on3)CC2=O)cc1. The first kappa shape index (κ1) is 15.3. The van der Waals surface area contributed by atoms with Crippen LogP contribution in [0.3, 0.4) is 0 Å². The molecule has 0 saturated carbocycles. The van der Waals surface area contributed by atoms with Crippen molar-refractivity contribution < 1.29 is 14.1 Å². The van der Waals surface area contributed by atoms with E-state index in [4.69, 9.17) is 4.52 Å². The van der Waals surface area contributed by atoms with E-state index in [1.807, 2.05) is 31.2 Å². The molecule has 2 amide bonds. The average Bonchev–Trinajstić information content (AvgIpc) is 3.12. The topological polar surface area (TPSA) is 75.4 Å². The Labute approximate surface area is 134 Å². The highest BCUT2D eigenvalue weighted by Crippen LogP contribution is 2.25. The van der Waals surface area contributed by atoms with Gasteiger partial charge in [-0.3, -0.25) is 9.59 Å². The summed E-state index contributed by atoms with van der Waals surface area (Å²) in [5.41, 5.74) is 2.65. The molecular formula is C17H19N3O3. The van der Waals surface area contributed by atoms with Crippen molar-refractivity contribution in [3.05, 3.63) is 47.3 Å². The van der Waals surface area contributed by atoms with E-state index in [2.05, 4.69) is 10.5 Å².